The number of rotatable bonds is 12. The van der Waals surface area contributed by atoms with E-state index in [1.807, 2.05) is 0 Å². The Bertz CT molecular complexity index is 579. The zero-order valence-corrected chi connectivity index (χ0v) is 16.8. The fourth-order valence-electron chi connectivity index (χ4n) is 1.70. The number of carbonyl (C=O) groups excluding carboxylic acids is 4. The van der Waals surface area contributed by atoms with E-state index in [1.165, 1.54) is 0 Å². The fraction of sp³-hybridized carbons (Fsp3) is 0.615. The van der Waals surface area contributed by atoms with Crippen molar-refractivity contribution in [1.29, 1.82) is 0 Å². The summed E-state index contributed by atoms with van der Waals surface area (Å²) in [5.74, 6) is -4.97. The fourth-order valence-corrected chi connectivity index (χ4v) is 2.37. The minimum absolute atomic E-state index is 0.00127. The third-order valence-electron chi connectivity index (χ3n) is 3.18. The average molecular weight is 442 g/mol. The first-order valence-corrected chi connectivity index (χ1v) is 9.47. The first-order chi connectivity index (χ1) is 12.6. The highest BCUT2D eigenvalue weighted by molar-refractivity contribution is 7.80. The van der Waals surface area contributed by atoms with Gasteiger partial charge in [0.2, 0.25) is 23.6 Å². The van der Waals surface area contributed by atoms with Gasteiger partial charge in [-0.05, 0) is 0 Å². The van der Waals surface area contributed by atoms with Gasteiger partial charge in [-0.3, -0.25) is 19.2 Å². The monoisotopic (exact) mass is 441 g/mol. The molecular weight excluding hydrogens is 418 g/mol. The number of carboxylic acid groups (broad SMARTS) is 1. The van der Waals surface area contributed by atoms with Crippen molar-refractivity contribution in [3.63, 3.8) is 0 Å². The third kappa shape index (κ3) is 9.21. The van der Waals surface area contributed by atoms with Gasteiger partial charge in [-0.2, -0.15) is 37.9 Å². The number of carboxylic acids is 1. The van der Waals surface area contributed by atoms with Gasteiger partial charge in [0.1, 0.15) is 18.1 Å². The Hall–Kier alpha value is -1.64. The quantitative estimate of drug-likeness (QED) is 0.140. The standard InChI is InChI=1S/C13H23N5O6S3/c14-5(2-25)10(20)16-6(1-9(15)19)11(21)17-7(3-26)12(22)18-8(4-27)13(23)24/h5-8,25-27H,1-4,14H2,(H2,15,19)(H,16,20)(H,17,21)(H,18,22)(H,23,24). The maximum Gasteiger partial charge on any atom is 0.327 e. The predicted octanol–water partition coefficient (Wildman–Crippen LogP) is -3.48. The largest absolute Gasteiger partial charge is 0.480 e. The SMILES string of the molecule is NC(=O)CC(NC(=O)C(N)CS)C(=O)NC(CS)C(=O)NC(CS)C(=O)O. The van der Waals surface area contributed by atoms with Crippen LogP contribution in [0.1, 0.15) is 6.42 Å². The van der Waals surface area contributed by atoms with Crippen molar-refractivity contribution < 1.29 is 29.1 Å². The van der Waals surface area contributed by atoms with Crippen LogP contribution in [0.25, 0.3) is 0 Å². The molecule has 0 aromatic rings. The number of amides is 4. The average Bonchev–Trinajstić information content (AvgIpc) is 2.61. The number of carbonyl (C=O) groups is 5. The minimum Gasteiger partial charge on any atom is -0.480 e. The minimum atomic E-state index is -1.38. The molecule has 0 heterocycles. The molecule has 0 aromatic carbocycles. The lowest BCUT2D eigenvalue weighted by molar-refractivity contribution is -0.141. The summed E-state index contributed by atoms with van der Waals surface area (Å²) in [7, 11) is 0. The Kier molecular flexibility index (Phi) is 11.9. The molecular formula is C13H23N5O6S3. The predicted molar refractivity (Wildman–Crippen MR) is 107 cm³/mol. The normalized spacial score (nSPS) is 15.0. The van der Waals surface area contributed by atoms with Gasteiger partial charge >= 0.3 is 5.97 Å². The van der Waals surface area contributed by atoms with Gasteiger partial charge in [-0.25, -0.2) is 4.79 Å². The number of primary amides is 1. The van der Waals surface area contributed by atoms with Crippen molar-refractivity contribution in [3.8, 4) is 0 Å². The first-order valence-electron chi connectivity index (χ1n) is 7.57. The van der Waals surface area contributed by atoms with Crippen LogP contribution in [-0.4, -0.2) is 76.1 Å². The zero-order chi connectivity index (χ0) is 21.1. The van der Waals surface area contributed by atoms with E-state index in [0.717, 1.165) is 0 Å². The summed E-state index contributed by atoms with van der Waals surface area (Å²) in [5.41, 5.74) is 10.6. The molecule has 14 heteroatoms. The highest BCUT2D eigenvalue weighted by Gasteiger charge is 2.30. The van der Waals surface area contributed by atoms with Crippen LogP contribution in [0.15, 0.2) is 0 Å². The van der Waals surface area contributed by atoms with Crippen molar-refractivity contribution in [1.82, 2.24) is 16.0 Å². The smallest absolute Gasteiger partial charge is 0.327 e. The molecule has 4 unspecified atom stereocenters. The lowest BCUT2D eigenvalue weighted by atomic mass is 10.1. The molecule has 0 fully saturated rings. The molecule has 0 radical (unpaired) electrons. The summed E-state index contributed by atoms with van der Waals surface area (Å²) >= 11 is 11.6. The molecule has 0 aliphatic rings. The van der Waals surface area contributed by atoms with Crippen LogP contribution in [0, 0.1) is 0 Å². The van der Waals surface area contributed by atoms with E-state index in [9.17, 15) is 24.0 Å². The van der Waals surface area contributed by atoms with E-state index in [2.05, 4.69) is 53.8 Å². The van der Waals surface area contributed by atoms with Crippen molar-refractivity contribution in [2.45, 2.75) is 30.6 Å². The molecule has 0 aliphatic carbocycles. The van der Waals surface area contributed by atoms with Crippen LogP contribution in [-0.2, 0) is 24.0 Å². The van der Waals surface area contributed by atoms with E-state index in [1.54, 1.807) is 0 Å². The van der Waals surface area contributed by atoms with Gasteiger partial charge in [0.25, 0.3) is 0 Å². The van der Waals surface area contributed by atoms with Crippen LogP contribution in [0.5, 0.6) is 0 Å². The van der Waals surface area contributed by atoms with Crippen LogP contribution in [0.4, 0.5) is 0 Å². The van der Waals surface area contributed by atoms with Crippen LogP contribution in [0.2, 0.25) is 0 Å². The maximum absolute atomic E-state index is 12.3. The zero-order valence-electron chi connectivity index (χ0n) is 14.1. The van der Waals surface area contributed by atoms with Gasteiger partial charge in [-0.15, -0.1) is 0 Å². The van der Waals surface area contributed by atoms with E-state index >= 15 is 0 Å². The number of thiol groups is 3. The molecule has 0 saturated heterocycles. The number of nitrogens with two attached hydrogens (primary N) is 2. The van der Waals surface area contributed by atoms with Crippen molar-refractivity contribution >= 4 is 67.5 Å². The van der Waals surface area contributed by atoms with Crippen molar-refractivity contribution in [3.05, 3.63) is 0 Å². The highest BCUT2D eigenvalue weighted by Crippen LogP contribution is 1.99. The molecule has 0 rings (SSSR count). The molecule has 0 aromatic heterocycles. The molecule has 4 amide bonds. The number of hydrogen-bond acceptors (Lipinski definition) is 9. The Balaban J connectivity index is 5.13. The van der Waals surface area contributed by atoms with E-state index < -0.39 is 60.2 Å². The lowest BCUT2D eigenvalue weighted by Gasteiger charge is -2.23. The van der Waals surface area contributed by atoms with Gasteiger partial charge in [0.15, 0.2) is 0 Å². The number of nitrogens with one attached hydrogen (secondary N) is 3. The molecule has 0 bridgehead atoms. The van der Waals surface area contributed by atoms with Crippen LogP contribution < -0.4 is 27.4 Å². The van der Waals surface area contributed by atoms with E-state index in [4.69, 9.17) is 16.6 Å². The summed E-state index contributed by atoms with van der Waals surface area (Å²) in [6.07, 6.45) is -0.536. The van der Waals surface area contributed by atoms with E-state index in [0.29, 0.717) is 0 Å². The Morgan fingerprint density at radius 3 is 1.63 bits per heavy atom. The van der Waals surface area contributed by atoms with Gasteiger partial charge < -0.3 is 32.5 Å². The molecule has 0 saturated carbocycles. The van der Waals surface area contributed by atoms with Crippen molar-refractivity contribution in [2.75, 3.05) is 17.3 Å². The van der Waals surface area contributed by atoms with Gasteiger partial charge in [0.05, 0.1) is 12.5 Å². The highest BCUT2D eigenvalue weighted by atomic mass is 32.1. The van der Waals surface area contributed by atoms with Gasteiger partial charge in [0, 0.05) is 17.3 Å². The second kappa shape index (κ2) is 12.7. The third-order valence-corrected chi connectivity index (χ3v) is 4.31. The Morgan fingerprint density at radius 1 is 0.778 bits per heavy atom. The molecule has 154 valence electrons. The Labute approximate surface area is 172 Å². The second-order valence-electron chi connectivity index (χ2n) is 5.35. The molecule has 8 N–H and O–H groups in total. The first kappa shape index (κ1) is 25.4. The summed E-state index contributed by atoms with van der Waals surface area (Å²) in [5, 5.41) is 15.6. The lowest BCUT2D eigenvalue weighted by Crippen LogP contribution is -2.58. The maximum atomic E-state index is 12.3. The summed E-state index contributed by atoms with van der Waals surface area (Å²) < 4.78 is 0. The molecule has 0 spiro atoms. The summed E-state index contributed by atoms with van der Waals surface area (Å²) in [6.45, 7) is 0. The van der Waals surface area contributed by atoms with E-state index in [-0.39, 0.29) is 17.3 Å². The van der Waals surface area contributed by atoms with Crippen LogP contribution >= 0.6 is 37.9 Å². The second-order valence-corrected chi connectivity index (χ2v) is 6.44. The molecule has 0 aliphatic heterocycles. The Morgan fingerprint density at radius 2 is 1.22 bits per heavy atom. The molecule has 27 heavy (non-hydrogen) atoms. The number of hydrogen-bond donors (Lipinski definition) is 9. The van der Waals surface area contributed by atoms with Gasteiger partial charge in [-0.1, -0.05) is 0 Å². The van der Waals surface area contributed by atoms with Crippen LogP contribution in [0.3, 0.4) is 0 Å². The summed E-state index contributed by atoms with van der Waals surface area (Å²) in [4.78, 5) is 58.4. The molecule has 11 nitrogen and oxygen atoms in total. The topological polar surface area (TPSA) is 194 Å². The molecule has 4 atom stereocenters. The number of aliphatic carboxylic acids is 1. The summed E-state index contributed by atoms with van der Waals surface area (Å²) in [6, 6.07) is -4.90. The van der Waals surface area contributed by atoms with Crippen molar-refractivity contribution in [2.24, 2.45) is 11.5 Å².